The molecule has 0 saturated carbocycles. The van der Waals surface area contributed by atoms with Gasteiger partial charge in [0.25, 0.3) is 0 Å². The number of aryl methyl sites for hydroxylation is 1. The summed E-state index contributed by atoms with van der Waals surface area (Å²) in [7, 11) is 0. The summed E-state index contributed by atoms with van der Waals surface area (Å²) in [6, 6.07) is 34.0. The molecule has 0 aliphatic heterocycles. The van der Waals surface area contributed by atoms with Crippen molar-refractivity contribution in [1.29, 1.82) is 0 Å². The maximum atomic E-state index is 12.5. The molecule has 0 nitrogen and oxygen atoms in total. The predicted octanol–water partition coefficient (Wildman–Crippen LogP) is 5.17. The van der Waals surface area contributed by atoms with Crippen molar-refractivity contribution in [2.45, 2.75) is 58.3 Å². The van der Waals surface area contributed by atoms with E-state index in [0.717, 1.165) is 61.3 Å². The number of rotatable bonds is 3. The maximum Gasteiger partial charge on any atom is -0.0253 e. The Hall–Kier alpha value is -2.86. The molecular formula is C39H34Cl2F6Zr-2. The van der Waals surface area contributed by atoms with Crippen molar-refractivity contribution in [1.82, 2.24) is 0 Å². The van der Waals surface area contributed by atoms with E-state index in [1.54, 1.807) is 0 Å². The van der Waals surface area contributed by atoms with Crippen molar-refractivity contribution in [3.05, 3.63) is 160 Å². The second-order valence-corrected chi connectivity index (χ2v) is 13.3. The van der Waals surface area contributed by atoms with E-state index in [2.05, 4.69) is 88.4 Å². The third-order valence-electron chi connectivity index (χ3n) is 7.71. The summed E-state index contributed by atoms with van der Waals surface area (Å²) < 4.78 is 75.6. The van der Waals surface area contributed by atoms with E-state index in [1.165, 1.54) is 57.6 Å². The number of hydrogen-bond acceptors (Lipinski definition) is 0. The molecule has 0 spiro atoms. The zero-order valence-electron chi connectivity index (χ0n) is 26.8. The van der Waals surface area contributed by atoms with Crippen molar-refractivity contribution < 1.29 is 75.4 Å². The molecule has 5 aromatic rings. The Bertz CT molecular complexity index is 1660. The van der Waals surface area contributed by atoms with E-state index in [4.69, 9.17) is 0 Å². The first-order chi connectivity index (χ1) is 21.6. The van der Waals surface area contributed by atoms with Gasteiger partial charge in [-0.1, -0.05) is 74.9 Å². The fourth-order valence-electron chi connectivity index (χ4n) is 5.00. The van der Waals surface area contributed by atoms with Crippen molar-refractivity contribution in [2.75, 3.05) is 0 Å². The van der Waals surface area contributed by atoms with E-state index in [-0.39, 0.29) is 24.8 Å². The summed E-state index contributed by atoms with van der Waals surface area (Å²) in [5.41, 5.74) is 8.34. The first kappa shape index (κ1) is 41.3. The van der Waals surface area contributed by atoms with Crippen LogP contribution in [0.1, 0.15) is 72.2 Å². The SMILES string of the molecule is CCc1cc(C(C)(C)C)c[cH-]1.FC(F)(F)c1ccc([C](=[Zr+2])c2ccc(C(F)(F)F)cc2)cc1.[Cl-].[Cl-].[c-]1cccc2c1Cc1ccccc1-2. The van der Waals surface area contributed by atoms with Crippen LogP contribution in [0, 0.1) is 6.07 Å². The van der Waals surface area contributed by atoms with Crippen LogP contribution in [0.25, 0.3) is 11.1 Å². The van der Waals surface area contributed by atoms with Gasteiger partial charge >= 0.3 is 137 Å². The smallest absolute Gasteiger partial charge is 0.0253 e. The van der Waals surface area contributed by atoms with Gasteiger partial charge < -0.3 is 24.8 Å². The molecule has 0 heterocycles. The van der Waals surface area contributed by atoms with E-state index < -0.39 is 23.5 Å². The Kier molecular flexibility index (Phi) is 14.8. The molecular weight excluding hydrogens is 745 g/mol. The normalized spacial score (nSPS) is 11.8. The Balaban J connectivity index is 0.000000263. The molecule has 9 heteroatoms. The molecule has 0 radical (unpaired) electrons. The van der Waals surface area contributed by atoms with Crippen molar-refractivity contribution in [2.24, 2.45) is 0 Å². The molecule has 0 aromatic heterocycles. The van der Waals surface area contributed by atoms with Crippen LogP contribution in [0.2, 0.25) is 0 Å². The third-order valence-corrected chi connectivity index (χ3v) is 9.13. The van der Waals surface area contributed by atoms with E-state index in [9.17, 15) is 26.3 Å². The topological polar surface area (TPSA) is 0 Å². The maximum absolute atomic E-state index is 12.5. The Morgan fingerprint density at radius 1 is 0.708 bits per heavy atom. The number of benzene rings is 4. The monoisotopic (exact) mass is 776 g/mol. The fraction of sp³-hybridized carbons (Fsp3) is 0.231. The second-order valence-electron chi connectivity index (χ2n) is 12.0. The first-order valence-electron chi connectivity index (χ1n) is 14.9. The van der Waals surface area contributed by atoms with Crippen LogP contribution in [0.4, 0.5) is 26.3 Å². The Labute approximate surface area is 306 Å². The molecule has 1 aliphatic carbocycles. The van der Waals surface area contributed by atoms with Crippen molar-refractivity contribution >= 4 is 3.21 Å². The van der Waals surface area contributed by atoms with Gasteiger partial charge in [0.05, 0.1) is 0 Å². The van der Waals surface area contributed by atoms with Crippen molar-refractivity contribution in [3.8, 4) is 11.1 Å². The molecule has 0 amide bonds. The summed E-state index contributed by atoms with van der Waals surface area (Å²) in [4.78, 5) is 0. The van der Waals surface area contributed by atoms with Crippen LogP contribution in [0.15, 0.2) is 109 Å². The molecule has 0 bridgehead atoms. The van der Waals surface area contributed by atoms with Crippen LogP contribution >= 0.6 is 0 Å². The van der Waals surface area contributed by atoms with Gasteiger partial charge in [-0.05, 0) is 6.42 Å². The van der Waals surface area contributed by atoms with Gasteiger partial charge in [0.15, 0.2) is 0 Å². The average Bonchev–Trinajstić information content (AvgIpc) is 3.66. The second kappa shape index (κ2) is 17.2. The molecule has 1 aliphatic rings. The summed E-state index contributed by atoms with van der Waals surface area (Å²) in [5.74, 6) is 0. The van der Waals surface area contributed by atoms with Crippen LogP contribution < -0.4 is 24.8 Å². The average molecular weight is 779 g/mol. The standard InChI is InChI=1S/C15H8F6.C13H9.C11H17.2ClH.Zr/c16-14(17,18)12-5-1-10(2-6-12)9-11-3-7-13(8-4-11)15(19,20)21;1-3-7-12-10(5-1)9-11-6-2-4-8-13(11)12;1-5-9-6-7-10(8-9)11(2,3)4;;;/h1-8H;1-5,7-8H,9H2;6-8H,5H2,1-4H3;2*1H;/q;2*-1;;;+2/p-2. The molecule has 6 rings (SSSR count). The number of fused-ring (bicyclic) bond motifs is 3. The van der Waals surface area contributed by atoms with Gasteiger partial charge in [-0.3, -0.25) is 0 Å². The fourth-order valence-corrected chi connectivity index (χ4v) is 5.81. The zero-order chi connectivity index (χ0) is 33.7. The number of alkyl halides is 6. The summed E-state index contributed by atoms with van der Waals surface area (Å²) in [5, 5.41) is 0. The van der Waals surface area contributed by atoms with Gasteiger partial charge in [0.1, 0.15) is 0 Å². The molecule has 48 heavy (non-hydrogen) atoms. The van der Waals surface area contributed by atoms with Crippen molar-refractivity contribution in [3.63, 3.8) is 0 Å². The van der Waals surface area contributed by atoms with Gasteiger partial charge in [-0.15, -0.1) is 5.56 Å². The van der Waals surface area contributed by atoms with Gasteiger partial charge in [0.2, 0.25) is 0 Å². The number of halogens is 8. The van der Waals surface area contributed by atoms with E-state index >= 15 is 0 Å². The molecule has 0 N–H and O–H groups in total. The van der Waals surface area contributed by atoms with Gasteiger partial charge in [-0.25, -0.2) is 6.07 Å². The van der Waals surface area contributed by atoms with E-state index in [1.807, 2.05) is 6.07 Å². The molecule has 0 atom stereocenters. The van der Waals surface area contributed by atoms with Crippen LogP contribution in [-0.4, -0.2) is 3.21 Å². The molecule has 252 valence electrons. The minimum absolute atomic E-state index is 0. The minimum atomic E-state index is -4.41. The Morgan fingerprint density at radius 2 is 1.21 bits per heavy atom. The van der Waals surface area contributed by atoms with Gasteiger partial charge in [-0.2, -0.15) is 53.1 Å². The third kappa shape index (κ3) is 10.8. The summed E-state index contributed by atoms with van der Waals surface area (Å²) in [6.45, 7) is 8.95. The largest absolute Gasteiger partial charge is 1.00 e. The summed E-state index contributed by atoms with van der Waals surface area (Å²) >= 11 is 0.898. The summed E-state index contributed by atoms with van der Waals surface area (Å²) in [6.07, 6.45) is -6.62. The quantitative estimate of drug-likeness (QED) is 0.172. The molecule has 0 unspecified atom stereocenters. The Morgan fingerprint density at radius 3 is 1.65 bits per heavy atom. The van der Waals surface area contributed by atoms with E-state index in [0.29, 0.717) is 19.7 Å². The first-order valence-corrected chi connectivity index (χ1v) is 16.1. The van der Waals surface area contributed by atoms with Crippen LogP contribution in [0.5, 0.6) is 0 Å². The number of hydrogen-bond donors (Lipinski definition) is 0. The van der Waals surface area contributed by atoms with Crippen LogP contribution in [-0.2, 0) is 54.8 Å². The molecule has 0 fully saturated rings. The zero-order valence-corrected chi connectivity index (χ0v) is 30.8. The molecule has 5 aromatic carbocycles. The molecule has 0 saturated heterocycles. The minimum Gasteiger partial charge on any atom is -1.00 e. The van der Waals surface area contributed by atoms with Gasteiger partial charge in [0, 0.05) is 0 Å². The predicted molar refractivity (Wildman–Crippen MR) is 170 cm³/mol. The van der Waals surface area contributed by atoms with Crippen LogP contribution in [0.3, 0.4) is 0 Å².